The van der Waals surface area contributed by atoms with Crippen LogP contribution in [-0.4, -0.2) is 101 Å². The second kappa shape index (κ2) is 21.3. The van der Waals surface area contributed by atoms with Crippen LogP contribution in [-0.2, 0) is 40.0 Å². The molecule has 0 spiro atoms. The Morgan fingerprint density at radius 1 is 0.685 bits per heavy atom. The van der Waals surface area contributed by atoms with Crippen molar-refractivity contribution in [1.82, 2.24) is 36.9 Å². The van der Waals surface area contributed by atoms with E-state index in [1.54, 1.807) is 6.20 Å². The summed E-state index contributed by atoms with van der Waals surface area (Å²) in [6.45, 7) is 7.71. The predicted octanol–water partition coefficient (Wildman–Crippen LogP) is 0.0924. The number of fused-ring (bicyclic) bond motifs is 1. The van der Waals surface area contributed by atoms with Gasteiger partial charge in [0.25, 0.3) is 0 Å². The third kappa shape index (κ3) is 13.3. The van der Waals surface area contributed by atoms with E-state index >= 15 is 0 Å². The first-order chi connectivity index (χ1) is 25.6. The lowest BCUT2D eigenvalue weighted by atomic mass is 9.98. The molecule has 1 saturated heterocycles. The second-order valence-electron chi connectivity index (χ2n) is 14.6. The summed E-state index contributed by atoms with van der Waals surface area (Å²) in [5, 5.41) is 17.1. The van der Waals surface area contributed by atoms with Crippen LogP contribution in [0.1, 0.15) is 71.8 Å². The lowest BCUT2D eigenvalue weighted by Gasteiger charge is -2.30. The van der Waals surface area contributed by atoms with Crippen LogP contribution in [0, 0.1) is 11.8 Å². The average molecular weight is 772 g/mol. The van der Waals surface area contributed by atoms with Gasteiger partial charge < -0.3 is 48.4 Å². The van der Waals surface area contributed by atoms with E-state index in [4.69, 9.17) is 11.5 Å². The minimum absolute atomic E-state index is 0.0192. The predicted molar refractivity (Wildman–Crippen MR) is 208 cm³/mol. The molecule has 54 heavy (non-hydrogen) atoms. The Kier molecular flexibility index (Phi) is 17.3. The van der Waals surface area contributed by atoms with Gasteiger partial charge in [0.1, 0.15) is 36.3 Å². The first-order valence-corrected chi connectivity index (χ1v) is 19.9. The number of benzene rings is 1. The van der Waals surface area contributed by atoms with Gasteiger partial charge in [-0.15, -0.1) is 0 Å². The van der Waals surface area contributed by atoms with Crippen LogP contribution in [0.15, 0.2) is 30.5 Å². The molecule has 0 radical (unpaired) electrons. The van der Waals surface area contributed by atoms with E-state index < -0.39 is 84.0 Å². The number of aromatic nitrogens is 1. The SMILES string of the molecule is CSCC[C@@H]1NC(=O)[C@@H](CC(C)C)NC(=O)[C@H](CC(C)C)NC(=O)[C@H](Cc2c[nH]c3ccccc23)NC(=O)[C@@H](CCCN)NC(=O)[C@H](CC(N)=O)NC1=O. The Hall–Kier alpha value is -4.64. The fraction of sp³-hybridized carbons (Fsp3) is 0.595. The largest absolute Gasteiger partial charge is 0.370 e. The molecule has 6 atom stereocenters. The lowest BCUT2D eigenvalue weighted by Crippen LogP contribution is -2.62. The highest BCUT2D eigenvalue weighted by atomic mass is 32.2. The number of nitrogens with two attached hydrogens (primary N) is 2. The molecule has 0 unspecified atom stereocenters. The van der Waals surface area contributed by atoms with E-state index in [9.17, 15) is 33.6 Å². The number of rotatable bonds is 14. The minimum atomic E-state index is -1.50. The monoisotopic (exact) mass is 771 g/mol. The third-order valence-corrected chi connectivity index (χ3v) is 9.67. The molecule has 1 aromatic carbocycles. The Morgan fingerprint density at radius 2 is 1.15 bits per heavy atom. The van der Waals surface area contributed by atoms with Crippen LogP contribution in [0.5, 0.6) is 0 Å². The molecule has 17 heteroatoms. The molecule has 298 valence electrons. The third-order valence-electron chi connectivity index (χ3n) is 9.02. The zero-order valence-electron chi connectivity index (χ0n) is 31.8. The maximum absolute atomic E-state index is 14.2. The number of thioether (sulfide) groups is 1. The Labute approximate surface area is 320 Å². The van der Waals surface area contributed by atoms with E-state index in [0.29, 0.717) is 12.2 Å². The normalized spacial score (nSPS) is 23.9. The Bertz CT molecular complexity index is 1630. The maximum atomic E-state index is 14.2. The molecule has 3 rings (SSSR count). The molecule has 1 aliphatic heterocycles. The summed E-state index contributed by atoms with van der Waals surface area (Å²) in [6, 6.07) is 0.195. The van der Waals surface area contributed by atoms with Gasteiger partial charge in [-0.2, -0.15) is 11.8 Å². The molecule has 0 aliphatic carbocycles. The molecule has 0 bridgehead atoms. The van der Waals surface area contributed by atoms with E-state index in [-0.39, 0.29) is 50.5 Å². The van der Waals surface area contributed by atoms with Crippen molar-refractivity contribution in [2.45, 2.75) is 109 Å². The zero-order chi connectivity index (χ0) is 39.9. The van der Waals surface area contributed by atoms with Gasteiger partial charge in [-0.3, -0.25) is 33.6 Å². The van der Waals surface area contributed by atoms with Gasteiger partial charge in [0, 0.05) is 23.5 Å². The van der Waals surface area contributed by atoms with E-state index in [1.165, 1.54) is 11.8 Å². The smallest absolute Gasteiger partial charge is 0.243 e. The van der Waals surface area contributed by atoms with Crippen molar-refractivity contribution in [3.63, 3.8) is 0 Å². The van der Waals surface area contributed by atoms with Gasteiger partial charge in [-0.05, 0) is 74.1 Å². The Balaban J connectivity index is 2.13. The quantitative estimate of drug-likeness (QED) is 0.126. The highest BCUT2D eigenvalue weighted by molar-refractivity contribution is 7.98. The molecule has 1 fully saturated rings. The molecule has 2 aromatic rings. The van der Waals surface area contributed by atoms with Gasteiger partial charge in [0.05, 0.1) is 6.42 Å². The van der Waals surface area contributed by atoms with Crippen LogP contribution in [0.3, 0.4) is 0 Å². The van der Waals surface area contributed by atoms with Crippen LogP contribution in [0.2, 0.25) is 0 Å². The zero-order valence-corrected chi connectivity index (χ0v) is 32.6. The molecule has 1 aliphatic rings. The van der Waals surface area contributed by atoms with Crippen molar-refractivity contribution in [2.24, 2.45) is 23.3 Å². The molecule has 7 amide bonds. The van der Waals surface area contributed by atoms with Crippen LogP contribution < -0.4 is 43.4 Å². The van der Waals surface area contributed by atoms with E-state index in [0.717, 1.165) is 16.5 Å². The summed E-state index contributed by atoms with van der Waals surface area (Å²) in [7, 11) is 0. The number of carbonyl (C=O) groups is 7. The van der Waals surface area contributed by atoms with Crippen molar-refractivity contribution < 1.29 is 33.6 Å². The fourth-order valence-electron chi connectivity index (χ4n) is 6.28. The van der Waals surface area contributed by atoms with Gasteiger partial charge in [-0.25, -0.2) is 0 Å². The van der Waals surface area contributed by atoms with Gasteiger partial charge in [-0.1, -0.05) is 45.9 Å². The van der Waals surface area contributed by atoms with E-state index in [1.807, 2.05) is 58.2 Å². The fourth-order valence-corrected chi connectivity index (χ4v) is 6.75. The van der Waals surface area contributed by atoms with Crippen molar-refractivity contribution >= 4 is 64.0 Å². The molecule has 11 N–H and O–H groups in total. The second-order valence-corrected chi connectivity index (χ2v) is 15.6. The first-order valence-electron chi connectivity index (χ1n) is 18.5. The van der Waals surface area contributed by atoms with E-state index in [2.05, 4.69) is 36.9 Å². The summed E-state index contributed by atoms with van der Waals surface area (Å²) < 4.78 is 0. The summed E-state index contributed by atoms with van der Waals surface area (Å²) in [4.78, 5) is 98.7. The molecule has 1 aromatic heterocycles. The molecule has 2 heterocycles. The lowest BCUT2D eigenvalue weighted by molar-refractivity contribution is -0.137. The number of nitrogens with one attached hydrogen (secondary N) is 7. The number of aromatic amines is 1. The number of para-hydroxylation sites is 1. The summed E-state index contributed by atoms with van der Waals surface area (Å²) >= 11 is 1.43. The van der Waals surface area contributed by atoms with Crippen molar-refractivity contribution in [3.05, 3.63) is 36.0 Å². The highest BCUT2D eigenvalue weighted by Crippen LogP contribution is 2.20. The van der Waals surface area contributed by atoms with Crippen molar-refractivity contribution in [2.75, 3.05) is 18.6 Å². The first kappa shape index (κ1) is 43.8. The number of amides is 7. The van der Waals surface area contributed by atoms with Gasteiger partial charge >= 0.3 is 0 Å². The van der Waals surface area contributed by atoms with Gasteiger partial charge in [0.15, 0.2) is 0 Å². The summed E-state index contributed by atoms with van der Waals surface area (Å²) in [6.07, 6.45) is 3.95. The Morgan fingerprint density at radius 3 is 1.69 bits per heavy atom. The van der Waals surface area contributed by atoms with Crippen LogP contribution in [0.4, 0.5) is 0 Å². The number of H-pyrrole nitrogens is 1. The number of carbonyl (C=O) groups excluding carboxylic acids is 7. The molecule has 16 nitrogen and oxygen atoms in total. The summed E-state index contributed by atoms with van der Waals surface area (Å²) in [5.74, 6) is -4.76. The molecular formula is C37H57N9O7S. The van der Waals surface area contributed by atoms with Crippen molar-refractivity contribution in [3.8, 4) is 0 Å². The molecule has 0 saturated carbocycles. The van der Waals surface area contributed by atoms with Crippen LogP contribution >= 0.6 is 11.8 Å². The number of primary amides is 1. The summed E-state index contributed by atoms with van der Waals surface area (Å²) in [5.41, 5.74) is 12.8. The molecular weight excluding hydrogens is 715 g/mol. The topological polar surface area (TPSA) is 260 Å². The number of hydrogen-bond donors (Lipinski definition) is 9. The standard InChI is InChI=1S/C37H57N9O7S/c1-20(2)15-27-34(50)42-26(12-14-54-5)33(49)46-30(18-31(39)47)37(53)41-25(11-8-13-38)32(48)45-29(17-22-19-40-24-10-7-6-9-23(22)24)36(52)44-28(16-21(3)4)35(51)43-27/h6-7,9-10,19-21,25-30,40H,8,11-18,38H2,1-5H3,(H2,39,47)(H,41,53)(H,42,50)(H,43,51)(H,44,52)(H,45,48)(H,46,49)/t25-,26+,27-,28+,29+,30+/m1/s1. The van der Waals surface area contributed by atoms with Gasteiger partial charge in [0.2, 0.25) is 41.4 Å². The number of hydrogen-bond acceptors (Lipinski definition) is 9. The minimum Gasteiger partial charge on any atom is -0.370 e. The van der Waals surface area contributed by atoms with Crippen molar-refractivity contribution in [1.29, 1.82) is 0 Å². The van der Waals surface area contributed by atoms with Crippen LogP contribution in [0.25, 0.3) is 10.9 Å². The highest BCUT2D eigenvalue weighted by Gasteiger charge is 2.36. The average Bonchev–Trinajstić information content (AvgIpc) is 3.51. The maximum Gasteiger partial charge on any atom is 0.243 e.